The van der Waals surface area contributed by atoms with E-state index >= 15 is 0 Å². The summed E-state index contributed by atoms with van der Waals surface area (Å²) in [4.78, 5) is 24.0. The highest BCUT2D eigenvalue weighted by Crippen LogP contribution is 2.27. The van der Waals surface area contributed by atoms with Gasteiger partial charge in [0.05, 0.1) is 0 Å². The monoisotopic (exact) mass is 263 g/mol. The lowest BCUT2D eigenvalue weighted by atomic mass is 10.00. The van der Waals surface area contributed by atoms with Gasteiger partial charge in [-0.2, -0.15) is 0 Å². The molecule has 1 aromatic rings. The second-order valence-electron chi connectivity index (χ2n) is 5.40. The van der Waals surface area contributed by atoms with Gasteiger partial charge in [0, 0.05) is 25.7 Å². The smallest absolute Gasteiger partial charge is 0.274 e. The van der Waals surface area contributed by atoms with Crippen LogP contribution in [0.3, 0.4) is 0 Å². The first-order chi connectivity index (χ1) is 8.99. The molecule has 1 aliphatic rings. The number of rotatable bonds is 3. The molecule has 1 heterocycles. The first kappa shape index (κ1) is 13.8. The Kier molecular flexibility index (Phi) is 4.04. The van der Waals surface area contributed by atoms with E-state index in [-0.39, 0.29) is 23.4 Å². The molecule has 1 saturated carbocycles. The van der Waals surface area contributed by atoms with E-state index < -0.39 is 0 Å². The standard InChI is InChI=1S/C14H21N3O2/c1-9-6-7-17(2)14(19)13(9)16-12(18)8-10-4-3-5-11(10)15/h6-7,10-11H,3-5,8,15H2,1-2H3,(H,16,18)/t10-,11+/m0/s1. The number of nitrogens with one attached hydrogen (secondary N) is 1. The van der Waals surface area contributed by atoms with Crippen molar-refractivity contribution in [1.29, 1.82) is 0 Å². The van der Waals surface area contributed by atoms with Crippen molar-refractivity contribution in [2.24, 2.45) is 18.7 Å². The maximum Gasteiger partial charge on any atom is 0.274 e. The third kappa shape index (κ3) is 3.04. The zero-order chi connectivity index (χ0) is 14.0. The second-order valence-corrected chi connectivity index (χ2v) is 5.40. The molecule has 1 aromatic heterocycles. The molecule has 0 unspecified atom stereocenters. The highest BCUT2D eigenvalue weighted by Gasteiger charge is 2.26. The van der Waals surface area contributed by atoms with Crippen molar-refractivity contribution >= 4 is 11.6 Å². The van der Waals surface area contributed by atoms with Crippen LogP contribution in [0.5, 0.6) is 0 Å². The van der Waals surface area contributed by atoms with Crippen LogP contribution in [0.15, 0.2) is 17.1 Å². The summed E-state index contributed by atoms with van der Waals surface area (Å²) < 4.78 is 1.46. The van der Waals surface area contributed by atoms with Gasteiger partial charge in [-0.05, 0) is 37.3 Å². The highest BCUT2D eigenvalue weighted by molar-refractivity contribution is 5.91. The Morgan fingerprint density at radius 2 is 2.26 bits per heavy atom. The van der Waals surface area contributed by atoms with E-state index in [0.717, 1.165) is 24.8 Å². The van der Waals surface area contributed by atoms with Crippen LogP contribution in [0.1, 0.15) is 31.2 Å². The Bertz CT molecular complexity index is 536. The summed E-state index contributed by atoms with van der Waals surface area (Å²) in [6, 6.07) is 1.93. The van der Waals surface area contributed by atoms with Crippen molar-refractivity contribution in [3.05, 3.63) is 28.2 Å². The molecule has 0 saturated heterocycles. The molecule has 1 aliphatic carbocycles. The Morgan fingerprint density at radius 3 is 2.89 bits per heavy atom. The van der Waals surface area contributed by atoms with Gasteiger partial charge in [0.25, 0.3) is 5.56 Å². The van der Waals surface area contributed by atoms with Crippen molar-refractivity contribution in [1.82, 2.24) is 4.57 Å². The van der Waals surface area contributed by atoms with E-state index in [1.807, 2.05) is 13.0 Å². The maximum atomic E-state index is 12.0. The number of nitrogens with two attached hydrogens (primary N) is 1. The van der Waals surface area contributed by atoms with Gasteiger partial charge in [-0.15, -0.1) is 0 Å². The summed E-state index contributed by atoms with van der Waals surface area (Å²) in [6.07, 6.45) is 5.18. The lowest BCUT2D eigenvalue weighted by Gasteiger charge is -2.15. The normalized spacial score (nSPS) is 22.5. The van der Waals surface area contributed by atoms with Crippen molar-refractivity contribution in [2.45, 2.75) is 38.6 Å². The van der Waals surface area contributed by atoms with Crippen LogP contribution >= 0.6 is 0 Å². The predicted octanol–water partition coefficient (Wildman–Crippen LogP) is 1.15. The van der Waals surface area contributed by atoms with Crippen LogP contribution in [-0.4, -0.2) is 16.5 Å². The zero-order valence-corrected chi connectivity index (χ0v) is 11.5. The number of carbonyl (C=O) groups excluding carboxylic acids is 1. The fourth-order valence-corrected chi connectivity index (χ4v) is 2.62. The lowest BCUT2D eigenvalue weighted by Crippen LogP contribution is -2.30. The zero-order valence-electron chi connectivity index (χ0n) is 11.5. The molecule has 2 atom stereocenters. The summed E-state index contributed by atoms with van der Waals surface area (Å²) >= 11 is 0. The second kappa shape index (κ2) is 5.57. The number of anilines is 1. The number of amides is 1. The maximum absolute atomic E-state index is 12.0. The molecule has 0 radical (unpaired) electrons. The van der Waals surface area contributed by atoms with Gasteiger partial charge in [0.15, 0.2) is 0 Å². The van der Waals surface area contributed by atoms with E-state index in [9.17, 15) is 9.59 Å². The topological polar surface area (TPSA) is 77.1 Å². The van der Waals surface area contributed by atoms with E-state index in [0.29, 0.717) is 12.1 Å². The summed E-state index contributed by atoms with van der Waals surface area (Å²) in [5, 5.41) is 2.74. The first-order valence-corrected chi connectivity index (χ1v) is 6.70. The Balaban J connectivity index is 2.07. The number of hydrogen-bond donors (Lipinski definition) is 2. The van der Waals surface area contributed by atoms with Gasteiger partial charge in [-0.3, -0.25) is 9.59 Å². The van der Waals surface area contributed by atoms with Crippen LogP contribution in [0.25, 0.3) is 0 Å². The van der Waals surface area contributed by atoms with E-state index in [1.54, 1.807) is 13.2 Å². The fraction of sp³-hybridized carbons (Fsp3) is 0.571. The molecule has 1 fully saturated rings. The largest absolute Gasteiger partial charge is 0.327 e. The summed E-state index contributed by atoms with van der Waals surface area (Å²) in [5.74, 6) is 0.127. The third-order valence-electron chi connectivity index (χ3n) is 3.91. The predicted molar refractivity (Wildman–Crippen MR) is 75.0 cm³/mol. The molecule has 5 heteroatoms. The van der Waals surface area contributed by atoms with Gasteiger partial charge in [-0.1, -0.05) is 6.42 Å². The fourth-order valence-electron chi connectivity index (χ4n) is 2.62. The Labute approximate surface area is 112 Å². The van der Waals surface area contributed by atoms with Gasteiger partial charge in [-0.25, -0.2) is 0 Å². The van der Waals surface area contributed by atoms with Crippen LogP contribution in [-0.2, 0) is 11.8 Å². The van der Waals surface area contributed by atoms with Crippen molar-refractivity contribution in [2.75, 3.05) is 5.32 Å². The molecule has 19 heavy (non-hydrogen) atoms. The van der Waals surface area contributed by atoms with Gasteiger partial charge >= 0.3 is 0 Å². The Hall–Kier alpha value is -1.62. The van der Waals surface area contributed by atoms with Gasteiger partial charge in [0.2, 0.25) is 5.91 Å². The SMILES string of the molecule is Cc1ccn(C)c(=O)c1NC(=O)C[C@@H]1CCC[C@H]1N. The lowest BCUT2D eigenvalue weighted by molar-refractivity contribution is -0.117. The summed E-state index contributed by atoms with van der Waals surface area (Å²) in [7, 11) is 1.67. The van der Waals surface area contributed by atoms with Gasteiger partial charge in [0.1, 0.15) is 5.69 Å². The molecular formula is C14H21N3O2. The molecule has 0 bridgehead atoms. The molecule has 3 N–H and O–H groups in total. The summed E-state index contributed by atoms with van der Waals surface area (Å²) in [5.41, 5.74) is 6.94. The van der Waals surface area contributed by atoms with Crippen molar-refractivity contribution in [3.63, 3.8) is 0 Å². The molecule has 0 spiro atoms. The highest BCUT2D eigenvalue weighted by atomic mass is 16.2. The minimum atomic E-state index is -0.177. The molecular weight excluding hydrogens is 242 g/mol. The number of pyridine rings is 1. The Morgan fingerprint density at radius 1 is 1.53 bits per heavy atom. The average Bonchev–Trinajstić information content (AvgIpc) is 2.76. The number of carbonyl (C=O) groups is 1. The molecule has 5 nitrogen and oxygen atoms in total. The number of aromatic nitrogens is 1. The third-order valence-corrected chi connectivity index (χ3v) is 3.91. The quantitative estimate of drug-likeness (QED) is 0.858. The number of hydrogen-bond acceptors (Lipinski definition) is 3. The molecule has 1 amide bonds. The van der Waals surface area contributed by atoms with Crippen molar-refractivity contribution in [3.8, 4) is 0 Å². The number of aryl methyl sites for hydroxylation is 2. The van der Waals surface area contributed by atoms with Crippen LogP contribution in [0.4, 0.5) is 5.69 Å². The molecule has 0 aromatic carbocycles. The molecule has 2 rings (SSSR count). The molecule has 0 aliphatic heterocycles. The first-order valence-electron chi connectivity index (χ1n) is 6.70. The van der Waals surface area contributed by atoms with Crippen LogP contribution < -0.4 is 16.6 Å². The number of nitrogens with zero attached hydrogens (tertiary/aromatic N) is 1. The minimum Gasteiger partial charge on any atom is -0.327 e. The van der Waals surface area contributed by atoms with Crippen LogP contribution in [0.2, 0.25) is 0 Å². The van der Waals surface area contributed by atoms with E-state index in [1.165, 1.54) is 4.57 Å². The average molecular weight is 263 g/mol. The van der Waals surface area contributed by atoms with E-state index in [4.69, 9.17) is 5.73 Å². The van der Waals surface area contributed by atoms with Crippen LogP contribution in [0, 0.1) is 12.8 Å². The minimum absolute atomic E-state index is 0.116. The van der Waals surface area contributed by atoms with Crippen molar-refractivity contribution < 1.29 is 4.79 Å². The van der Waals surface area contributed by atoms with Gasteiger partial charge < -0.3 is 15.6 Å². The summed E-state index contributed by atoms with van der Waals surface area (Å²) in [6.45, 7) is 1.82. The molecule has 104 valence electrons. The van der Waals surface area contributed by atoms with E-state index in [2.05, 4.69) is 5.32 Å².